The van der Waals surface area contributed by atoms with Crippen LogP contribution < -0.4 is 0 Å². The van der Waals surface area contributed by atoms with Gasteiger partial charge < -0.3 is 4.90 Å². The van der Waals surface area contributed by atoms with E-state index in [0.717, 1.165) is 44.1 Å². The lowest BCUT2D eigenvalue weighted by molar-refractivity contribution is -0.134. The number of tetrazole rings is 1. The van der Waals surface area contributed by atoms with Gasteiger partial charge >= 0.3 is 0 Å². The molecule has 8 heteroatoms. The van der Waals surface area contributed by atoms with E-state index in [2.05, 4.69) is 20.4 Å². The van der Waals surface area contributed by atoms with E-state index in [-0.39, 0.29) is 0 Å². The lowest BCUT2D eigenvalue weighted by Gasteiger charge is -2.34. The molecule has 1 aromatic carbocycles. The fourth-order valence-corrected chi connectivity index (χ4v) is 4.16. The van der Waals surface area contributed by atoms with Crippen LogP contribution >= 0.6 is 11.6 Å². The molecule has 2 fully saturated rings. The molecule has 1 aliphatic carbocycles. The molecule has 2 aliphatic rings. The van der Waals surface area contributed by atoms with E-state index in [4.69, 9.17) is 11.6 Å². The van der Waals surface area contributed by atoms with Gasteiger partial charge in [-0.25, -0.2) is 0 Å². The first-order chi connectivity index (χ1) is 13.2. The second-order valence-electron chi connectivity index (χ2n) is 7.49. The molecule has 0 atom stereocenters. The summed E-state index contributed by atoms with van der Waals surface area (Å²) in [5, 5.41) is 12.8. The minimum Gasteiger partial charge on any atom is -0.340 e. The Balaban J connectivity index is 1.31. The Hall–Kier alpha value is -1.99. The van der Waals surface area contributed by atoms with E-state index < -0.39 is 0 Å². The normalized spacial score (nSPS) is 18.9. The number of hydrogen-bond donors (Lipinski definition) is 0. The van der Waals surface area contributed by atoms with Gasteiger partial charge in [0, 0.05) is 37.6 Å². The Bertz CT molecular complexity index is 763. The molecule has 0 unspecified atom stereocenters. The van der Waals surface area contributed by atoms with E-state index in [1.54, 1.807) is 4.68 Å². The van der Waals surface area contributed by atoms with E-state index in [0.29, 0.717) is 23.4 Å². The van der Waals surface area contributed by atoms with Gasteiger partial charge in [-0.15, -0.1) is 5.10 Å². The van der Waals surface area contributed by atoms with Crippen molar-refractivity contribution in [2.24, 2.45) is 5.92 Å². The number of nitrogens with zero attached hydrogens (tertiary/aromatic N) is 6. The van der Waals surface area contributed by atoms with Gasteiger partial charge in [0.1, 0.15) is 0 Å². The third kappa shape index (κ3) is 4.47. The summed E-state index contributed by atoms with van der Waals surface area (Å²) < 4.78 is 1.74. The zero-order chi connectivity index (χ0) is 18.6. The van der Waals surface area contributed by atoms with Gasteiger partial charge in [0.25, 0.3) is 0 Å². The zero-order valence-corrected chi connectivity index (χ0v) is 16.2. The fourth-order valence-electron chi connectivity index (χ4n) is 4.03. The van der Waals surface area contributed by atoms with Crippen molar-refractivity contribution in [2.75, 3.05) is 26.2 Å². The van der Waals surface area contributed by atoms with Crippen molar-refractivity contribution in [3.8, 4) is 5.69 Å². The molecular formula is C19H25ClN6O. The van der Waals surface area contributed by atoms with Crippen LogP contribution in [0.2, 0.25) is 5.02 Å². The first kappa shape index (κ1) is 18.4. The predicted molar refractivity (Wildman–Crippen MR) is 103 cm³/mol. The lowest BCUT2D eigenvalue weighted by atomic mass is 10.0. The number of hydrogen-bond acceptors (Lipinski definition) is 5. The highest BCUT2D eigenvalue weighted by molar-refractivity contribution is 6.30. The van der Waals surface area contributed by atoms with Crippen molar-refractivity contribution in [1.82, 2.24) is 30.0 Å². The number of carbonyl (C=O) groups is 1. The van der Waals surface area contributed by atoms with Gasteiger partial charge in [0.05, 0.1) is 12.2 Å². The largest absolute Gasteiger partial charge is 0.340 e. The number of piperazine rings is 1. The molecule has 2 aromatic rings. The minimum atomic E-state index is 0.326. The number of amides is 1. The minimum absolute atomic E-state index is 0.326. The molecule has 1 saturated heterocycles. The molecule has 4 rings (SSSR count). The molecule has 1 aromatic heterocycles. The third-order valence-corrected chi connectivity index (χ3v) is 5.89. The molecule has 0 bridgehead atoms. The lowest BCUT2D eigenvalue weighted by Crippen LogP contribution is -2.48. The van der Waals surface area contributed by atoms with Crippen molar-refractivity contribution in [3.63, 3.8) is 0 Å². The maximum absolute atomic E-state index is 12.5. The number of halogens is 1. The number of aromatic nitrogens is 4. The van der Waals surface area contributed by atoms with Crippen LogP contribution in [0.3, 0.4) is 0 Å². The van der Waals surface area contributed by atoms with Crippen LogP contribution in [0.1, 0.15) is 37.9 Å². The van der Waals surface area contributed by atoms with Gasteiger partial charge in [-0.05, 0) is 53.5 Å². The first-order valence-electron chi connectivity index (χ1n) is 9.72. The molecule has 144 valence electrons. The number of benzene rings is 1. The highest BCUT2D eigenvalue weighted by Crippen LogP contribution is 2.28. The van der Waals surface area contributed by atoms with Crippen molar-refractivity contribution in [1.29, 1.82) is 0 Å². The second-order valence-corrected chi connectivity index (χ2v) is 7.93. The maximum Gasteiger partial charge on any atom is 0.222 e. The molecule has 1 amide bonds. The quantitative estimate of drug-likeness (QED) is 0.787. The number of carbonyl (C=O) groups excluding carboxylic acids is 1. The van der Waals surface area contributed by atoms with Gasteiger partial charge in [-0.1, -0.05) is 24.4 Å². The van der Waals surface area contributed by atoms with Crippen molar-refractivity contribution in [3.05, 3.63) is 35.1 Å². The Morgan fingerprint density at radius 2 is 1.78 bits per heavy atom. The summed E-state index contributed by atoms with van der Waals surface area (Å²) in [6, 6.07) is 7.47. The molecule has 7 nitrogen and oxygen atoms in total. The van der Waals surface area contributed by atoms with Crippen LogP contribution in [0.25, 0.3) is 5.69 Å². The second kappa shape index (κ2) is 8.35. The molecule has 1 aliphatic heterocycles. The Labute approximate surface area is 164 Å². The summed E-state index contributed by atoms with van der Waals surface area (Å²) in [5.41, 5.74) is 0.893. The third-order valence-electron chi connectivity index (χ3n) is 5.63. The summed E-state index contributed by atoms with van der Waals surface area (Å²) in [6.45, 7) is 3.94. The highest BCUT2D eigenvalue weighted by Gasteiger charge is 2.25. The summed E-state index contributed by atoms with van der Waals surface area (Å²) in [6.07, 6.45) is 5.75. The van der Waals surface area contributed by atoms with Gasteiger partial charge in [-0.3, -0.25) is 9.69 Å². The average molecular weight is 389 g/mol. The smallest absolute Gasteiger partial charge is 0.222 e. The van der Waals surface area contributed by atoms with Crippen LogP contribution in [-0.4, -0.2) is 62.1 Å². The average Bonchev–Trinajstić information content (AvgIpc) is 3.35. The maximum atomic E-state index is 12.5. The topological polar surface area (TPSA) is 67.2 Å². The molecule has 27 heavy (non-hydrogen) atoms. The first-order valence-corrected chi connectivity index (χ1v) is 10.1. The van der Waals surface area contributed by atoms with Crippen LogP contribution in [0, 0.1) is 5.92 Å². The van der Waals surface area contributed by atoms with Crippen molar-refractivity contribution >= 4 is 17.5 Å². The van der Waals surface area contributed by atoms with Crippen LogP contribution in [0.4, 0.5) is 0 Å². The van der Waals surface area contributed by atoms with E-state index >= 15 is 0 Å². The molecule has 1 saturated carbocycles. The van der Waals surface area contributed by atoms with E-state index in [9.17, 15) is 4.79 Å². The van der Waals surface area contributed by atoms with E-state index in [1.807, 2.05) is 29.2 Å². The molecule has 0 spiro atoms. The van der Waals surface area contributed by atoms with Gasteiger partial charge in [0.2, 0.25) is 5.91 Å². The van der Waals surface area contributed by atoms with Crippen LogP contribution in [0.15, 0.2) is 24.3 Å². The molecular weight excluding hydrogens is 364 g/mol. The molecule has 0 radical (unpaired) electrons. The Morgan fingerprint density at radius 3 is 2.48 bits per heavy atom. The highest BCUT2D eigenvalue weighted by atomic mass is 35.5. The summed E-state index contributed by atoms with van der Waals surface area (Å²) >= 11 is 5.96. The SMILES string of the molecule is O=C(CC1CCCC1)N1CCN(Cc2nnnn2-c2ccc(Cl)cc2)CC1. The predicted octanol–water partition coefficient (Wildman–Crippen LogP) is 2.54. The molecule has 0 N–H and O–H groups in total. The Kier molecular flexibility index (Phi) is 5.69. The summed E-state index contributed by atoms with van der Waals surface area (Å²) in [5.74, 6) is 1.73. The van der Waals surface area contributed by atoms with E-state index in [1.165, 1.54) is 25.7 Å². The molecule has 2 heterocycles. The zero-order valence-electron chi connectivity index (χ0n) is 15.4. The van der Waals surface area contributed by atoms with Gasteiger partial charge in [-0.2, -0.15) is 4.68 Å². The summed E-state index contributed by atoms with van der Waals surface area (Å²) in [4.78, 5) is 16.8. The van der Waals surface area contributed by atoms with Crippen LogP contribution in [-0.2, 0) is 11.3 Å². The van der Waals surface area contributed by atoms with Crippen molar-refractivity contribution < 1.29 is 4.79 Å². The summed E-state index contributed by atoms with van der Waals surface area (Å²) in [7, 11) is 0. The Morgan fingerprint density at radius 1 is 1.07 bits per heavy atom. The monoisotopic (exact) mass is 388 g/mol. The number of rotatable bonds is 5. The standard InChI is InChI=1S/C19H25ClN6O/c20-16-5-7-17(8-6-16)26-18(21-22-23-26)14-24-9-11-25(12-10-24)19(27)13-15-3-1-2-4-15/h5-8,15H,1-4,9-14H2. The van der Waals surface area contributed by atoms with Crippen molar-refractivity contribution in [2.45, 2.75) is 38.6 Å². The van der Waals surface area contributed by atoms with Gasteiger partial charge in [0.15, 0.2) is 5.82 Å². The van der Waals surface area contributed by atoms with Crippen LogP contribution in [0.5, 0.6) is 0 Å². The fraction of sp³-hybridized carbons (Fsp3) is 0.579.